The molecular weight excluding hydrogens is 148 g/mol. The molecule has 0 saturated heterocycles. The summed E-state index contributed by atoms with van der Waals surface area (Å²) in [5, 5.41) is 3.05. The van der Waals surface area contributed by atoms with Gasteiger partial charge in [0.15, 0.2) is 0 Å². The Hall–Kier alpha value is -1.70. The molecule has 0 radical (unpaired) electrons. The standard InChI is InChI=1S/C10H12N2/c1-3-8(2)12-10-6-4-9(11)5-7-10/h3-7,12H,1-2,11H2. The molecule has 2 nitrogen and oxygen atoms in total. The summed E-state index contributed by atoms with van der Waals surface area (Å²) in [4.78, 5) is 0. The first-order valence-corrected chi connectivity index (χ1v) is 3.66. The fourth-order valence-electron chi connectivity index (χ4n) is 0.803. The molecule has 1 aromatic carbocycles. The summed E-state index contributed by atoms with van der Waals surface area (Å²) >= 11 is 0. The van der Waals surface area contributed by atoms with E-state index in [1.54, 1.807) is 6.08 Å². The van der Waals surface area contributed by atoms with Crippen molar-refractivity contribution in [2.24, 2.45) is 0 Å². The molecule has 0 saturated carbocycles. The minimum Gasteiger partial charge on any atom is -0.399 e. The Kier molecular flexibility index (Phi) is 2.53. The number of nitrogen functional groups attached to an aromatic ring is 1. The van der Waals surface area contributed by atoms with Gasteiger partial charge in [0, 0.05) is 17.1 Å². The average molecular weight is 160 g/mol. The van der Waals surface area contributed by atoms with Gasteiger partial charge in [0.25, 0.3) is 0 Å². The van der Waals surface area contributed by atoms with Crippen LogP contribution in [-0.4, -0.2) is 0 Å². The highest BCUT2D eigenvalue weighted by atomic mass is 14.9. The molecule has 0 aliphatic carbocycles. The van der Waals surface area contributed by atoms with Crippen molar-refractivity contribution in [3.63, 3.8) is 0 Å². The minimum atomic E-state index is 0.754. The number of hydrogen-bond acceptors (Lipinski definition) is 2. The second-order valence-corrected chi connectivity index (χ2v) is 2.48. The van der Waals surface area contributed by atoms with Gasteiger partial charge in [0.05, 0.1) is 0 Å². The SMILES string of the molecule is C=CC(=C)Nc1ccc(N)cc1. The maximum absolute atomic E-state index is 5.52. The number of rotatable bonds is 3. The van der Waals surface area contributed by atoms with Gasteiger partial charge in [-0.3, -0.25) is 0 Å². The van der Waals surface area contributed by atoms with Crippen molar-refractivity contribution in [3.05, 3.63) is 49.2 Å². The van der Waals surface area contributed by atoms with Crippen molar-refractivity contribution < 1.29 is 0 Å². The van der Waals surface area contributed by atoms with E-state index in [1.807, 2.05) is 24.3 Å². The summed E-state index contributed by atoms with van der Waals surface area (Å²) in [5.74, 6) is 0. The van der Waals surface area contributed by atoms with Crippen molar-refractivity contribution in [2.45, 2.75) is 0 Å². The largest absolute Gasteiger partial charge is 0.399 e. The van der Waals surface area contributed by atoms with E-state index in [1.165, 1.54) is 0 Å². The zero-order valence-corrected chi connectivity index (χ0v) is 6.88. The molecule has 3 N–H and O–H groups in total. The minimum absolute atomic E-state index is 0.754. The zero-order valence-electron chi connectivity index (χ0n) is 6.88. The second-order valence-electron chi connectivity index (χ2n) is 2.48. The molecule has 62 valence electrons. The van der Waals surface area contributed by atoms with E-state index in [2.05, 4.69) is 18.5 Å². The van der Waals surface area contributed by atoms with E-state index >= 15 is 0 Å². The van der Waals surface area contributed by atoms with Crippen molar-refractivity contribution in [1.82, 2.24) is 0 Å². The van der Waals surface area contributed by atoms with Gasteiger partial charge in [-0.15, -0.1) is 0 Å². The smallest absolute Gasteiger partial charge is 0.0385 e. The summed E-state index contributed by atoms with van der Waals surface area (Å²) in [6.45, 7) is 7.32. The number of benzene rings is 1. The normalized spacial score (nSPS) is 9.00. The number of allylic oxidation sites excluding steroid dienone is 1. The molecule has 0 spiro atoms. The van der Waals surface area contributed by atoms with Crippen molar-refractivity contribution >= 4 is 11.4 Å². The van der Waals surface area contributed by atoms with Gasteiger partial charge >= 0.3 is 0 Å². The summed E-state index contributed by atoms with van der Waals surface area (Å²) in [6, 6.07) is 7.45. The molecule has 0 unspecified atom stereocenters. The Morgan fingerprint density at radius 3 is 2.42 bits per heavy atom. The summed E-state index contributed by atoms with van der Waals surface area (Å²) in [5.41, 5.74) is 8.02. The van der Waals surface area contributed by atoms with Gasteiger partial charge in [-0.2, -0.15) is 0 Å². The molecule has 0 aliphatic heterocycles. The van der Waals surface area contributed by atoms with Crippen LogP contribution in [0.3, 0.4) is 0 Å². The maximum Gasteiger partial charge on any atom is 0.0385 e. The number of nitrogens with one attached hydrogen (secondary N) is 1. The molecule has 0 aromatic heterocycles. The summed E-state index contributed by atoms with van der Waals surface area (Å²) in [6.07, 6.45) is 1.66. The van der Waals surface area contributed by atoms with Gasteiger partial charge in [-0.05, 0) is 30.3 Å². The van der Waals surface area contributed by atoms with Crippen LogP contribution in [-0.2, 0) is 0 Å². The van der Waals surface area contributed by atoms with E-state index in [9.17, 15) is 0 Å². The monoisotopic (exact) mass is 160 g/mol. The molecule has 0 fully saturated rings. The molecule has 0 bridgehead atoms. The van der Waals surface area contributed by atoms with Crippen molar-refractivity contribution in [2.75, 3.05) is 11.1 Å². The van der Waals surface area contributed by atoms with E-state index in [0.29, 0.717) is 0 Å². The number of nitrogens with two attached hydrogens (primary N) is 1. The predicted molar refractivity (Wildman–Crippen MR) is 53.8 cm³/mol. The lowest BCUT2D eigenvalue weighted by molar-refractivity contribution is 1.50. The van der Waals surface area contributed by atoms with Gasteiger partial charge in [-0.25, -0.2) is 0 Å². The van der Waals surface area contributed by atoms with Crippen LogP contribution in [0.2, 0.25) is 0 Å². The van der Waals surface area contributed by atoms with Crippen molar-refractivity contribution in [1.29, 1.82) is 0 Å². The maximum atomic E-state index is 5.52. The fraction of sp³-hybridized carbons (Fsp3) is 0. The molecule has 0 aliphatic rings. The Bertz CT molecular complexity index is 285. The first-order valence-electron chi connectivity index (χ1n) is 3.66. The Morgan fingerprint density at radius 2 is 1.92 bits per heavy atom. The molecule has 1 aromatic rings. The molecule has 12 heavy (non-hydrogen) atoms. The zero-order chi connectivity index (χ0) is 8.97. The Balaban J connectivity index is 2.71. The third-order valence-corrected chi connectivity index (χ3v) is 1.46. The number of anilines is 2. The Labute approximate surface area is 72.4 Å². The molecule has 0 amide bonds. The summed E-state index contributed by atoms with van der Waals surface area (Å²) < 4.78 is 0. The topological polar surface area (TPSA) is 38.0 Å². The fourth-order valence-corrected chi connectivity index (χ4v) is 0.803. The van der Waals surface area contributed by atoms with Crippen LogP contribution in [0, 0.1) is 0 Å². The lowest BCUT2D eigenvalue weighted by Gasteiger charge is -2.04. The van der Waals surface area contributed by atoms with Gasteiger partial charge in [0.1, 0.15) is 0 Å². The van der Waals surface area contributed by atoms with Crippen LogP contribution in [0.1, 0.15) is 0 Å². The Morgan fingerprint density at radius 1 is 1.33 bits per heavy atom. The van der Waals surface area contributed by atoms with Crippen LogP contribution in [0.15, 0.2) is 49.2 Å². The van der Waals surface area contributed by atoms with E-state index in [-0.39, 0.29) is 0 Å². The van der Waals surface area contributed by atoms with Crippen LogP contribution in [0.25, 0.3) is 0 Å². The van der Waals surface area contributed by atoms with Gasteiger partial charge in [0.2, 0.25) is 0 Å². The van der Waals surface area contributed by atoms with Crippen molar-refractivity contribution in [3.8, 4) is 0 Å². The quantitative estimate of drug-likeness (QED) is 0.526. The van der Waals surface area contributed by atoms with Crippen LogP contribution >= 0.6 is 0 Å². The van der Waals surface area contributed by atoms with Crippen LogP contribution < -0.4 is 11.1 Å². The molecule has 2 heteroatoms. The molecule has 0 heterocycles. The highest BCUT2D eigenvalue weighted by molar-refractivity contribution is 5.54. The summed E-state index contributed by atoms with van der Waals surface area (Å²) in [7, 11) is 0. The van der Waals surface area contributed by atoms with Crippen LogP contribution in [0.5, 0.6) is 0 Å². The van der Waals surface area contributed by atoms with E-state index < -0.39 is 0 Å². The molecule has 1 rings (SSSR count). The highest BCUT2D eigenvalue weighted by Gasteiger charge is 1.90. The molecular formula is C10H12N2. The predicted octanol–water partition coefficient (Wildman–Crippen LogP) is 2.38. The third kappa shape index (κ3) is 2.16. The van der Waals surface area contributed by atoms with E-state index in [4.69, 9.17) is 5.73 Å². The lowest BCUT2D eigenvalue weighted by atomic mass is 10.3. The lowest BCUT2D eigenvalue weighted by Crippen LogP contribution is -1.94. The van der Waals surface area contributed by atoms with Crippen LogP contribution in [0.4, 0.5) is 11.4 Å². The third-order valence-electron chi connectivity index (χ3n) is 1.46. The number of hydrogen-bond donors (Lipinski definition) is 2. The average Bonchev–Trinajstić information content (AvgIpc) is 2.09. The van der Waals surface area contributed by atoms with Gasteiger partial charge in [-0.1, -0.05) is 13.2 Å². The molecule has 0 atom stereocenters. The first-order chi connectivity index (χ1) is 5.72. The first kappa shape index (κ1) is 8.40. The second kappa shape index (κ2) is 3.62. The van der Waals surface area contributed by atoms with Gasteiger partial charge < -0.3 is 11.1 Å². The highest BCUT2D eigenvalue weighted by Crippen LogP contribution is 2.12. The van der Waals surface area contributed by atoms with E-state index in [0.717, 1.165) is 17.1 Å².